The standard InChI is InChI=1S/C8H20O4SSi/c1-10-14(11-2,12-3)7-8(9)5-4-6-13/h8-9,13H,4-7H2,1-3H3. The maximum atomic E-state index is 9.67. The lowest BCUT2D eigenvalue weighted by atomic mass is 10.2. The zero-order valence-corrected chi connectivity index (χ0v) is 10.9. The minimum absolute atomic E-state index is 0.435. The van der Waals surface area contributed by atoms with Crippen LogP contribution in [-0.4, -0.2) is 47.1 Å². The van der Waals surface area contributed by atoms with Crippen LogP contribution in [0.3, 0.4) is 0 Å². The second-order valence-corrected chi connectivity index (χ2v) is 6.47. The van der Waals surface area contributed by atoms with E-state index in [0.29, 0.717) is 12.5 Å². The van der Waals surface area contributed by atoms with Crippen LogP contribution in [0.25, 0.3) is 0 Å². The molecule has 0 saturated heterocycles. The first-order valence-electron chi connectivity index (χ1n) is 4.58. The molecule has 0 bridgehead atoms. The average molecular weight is 240 g/mol. The van der Waals surface area contributed by atoms with Crippen molar-refractivity contribution in [2.75, 3.05) is 27.1 Å². The van der Waals surface area contributed by atoms with Crippen molar-refractivity contribution in [3.8, 4) is 0 Å². The Kier molecular flexibility index (Phi) is 7.89. The molecule has 0 aliphatic heterocycles. The Balaban J connectivity index is 4.01. The molecular weight excluding hydrogens is 220 g/mol. The number of rotatable bonds is 8. The molecule has 0 aromatic carbocycles. The highest BCUT2D eigenvalue weighted by Crippen LogP contribution is 2.17. The van der Waals surface area contributed by atoms with Crippen LogP contribution in [-0.2, 0) is 13.3 Å². The third-order valence-corrected chi connectivity index (χ3v) is 5.27. The van der Waals surface area contributed by atoms with Gasteiger partial charge < -0.3 is 18.4 Å². The van der Waals surface area contributed by atoms with Crippen molar-refractivity contribution in [2.45, 2.75) is 25.0 Å². The lowest BCUT2D eigenvalue weighted by molar-refractivity contribution is 0.0945. The summed E-state index contributed by atoms with van der Waals surface area (Å²) in [6, 6.07) is 0.435. The van der Waals surface area contributed by atoms with Crippen LogP contribution in [0.5, 0.6) is 0 Å². The van der Waals surface area contributed by atoms with E-state index < -0.39 is 14.9 Å². The summed E-state index contributed by atoms with van der Waals surface area (Å²) in [4.78, 5) is 0. The molecule has 0 aromatic heterocycles. The Morgan fingerprint density at radius 3 is 2.07 bits per heavy atom. The van der Waals surface area contributed by atoms with Gasteiger partial charge in [-0.3, -0.25) is 0 Å². The molecule has 0 heterocycles. The molecule has 0 aromatic rings. The summed E-state index contributed by atoms with van der Waals surface area (Å²) in [5.41, 5.74) is 0. The fraction of sp³-hybridized carbons (Fsp3) is 1.00. The van der Waals surface area contributed by atoms with Crippen molar-refractivity contribution in [2.24, 2.45) is 0 Å². The fourth-order valence-corrected chi connectivity index (χ4v) is 3.18. The summed E-state index contributed by atoms with van der Waals surface area (Å²) in [6.07, 6.45) is 1.15. The quantitative estimate of drug-likeness (QED) is 0.489. The van der Waals surface area contributed by atoms with Crippen molar-refractivity contribution in [1.29, 1.82) is 0 Å². The monoisotopic (exact) mass is 240 g/mol. The van der Waals surface area contributed by atoms with Crippen LogP contribution in [0.2, 0.25) is 6.04 Å². The summed E-state index contributed by atoms with van der Waals surface area (Å²) in [6.45, 7) is 0. The summed E-state index contributed by atoms with van der Waals surface area (Å²) < 4.78 is 15.6. The molecule has 0 radical (unpaired) electrons. The molecule has 0 rings (SSSR count). The first kappa shape index (κ1) is 14.4. The smallest absolute Gasteiger partial charge is 0.393 e. The van der Waals surface area contributed by atoms with E-state index in [1.807, 2.05) is 0 Å². The van der Waals surface area contributed by atoms with Gasteiger partial charge in [-0.1, -0.05) is 0 Å². The van der Waals surface area contributed by atoms with Gasteiger partial charge in [0.15, 0.2) is 0 Å². The van der Waals surface area contributed by atoms with Crippen LogP contribution < -0.4 is 0 Å². The molecule has 0 spiro atoms. The van der Waals surface area contributed by atoms with Gasteiger partial charge in [0.2, 0.25) is 0 Å². The summed E-state index contributed by atoms with van der Waals surface area (Å²) in [5.74, 6) is 0.776. The van der Waals surface area contributed by atoms with Crippen molar-refractivity contribution >= 4 is 21.4 Å². The second kappa shape index (κ2) is 7.67. The molecule has 0 amide bonds. The Bertz CT molecular complexity index is 135. The van der Waals surface area contributed by atoms with Crippen LogP contribution in [0, 0.1) is 0 Å². The predicted octanol–water partition coefficient (Wildman–Crippen LogP) is 0.935. The van der Waals surface area contributed by atoms with Gasteiger partial charge in [-0.05, 0) is 18.6 Å². The predicted molar refractivity (Wildman–Crippen MR) is 60.7 cm³/mol. The zero-order chi connectivity index (χ0) is 11.0. The topological polar surface area (TPSA) is 47.9 Å². The number of hydrogen-bond acceptors (Lipinski definition) is 5. The Morgan fingerprint density at radius 1 is 1.21 bits per heavy atom. The summed E-state index contributed by atoms with van der Waals surface area (Å²) in [5, 5.41) is 9.67. The normalized spacial score (nSPS) is 14.4. The van der Waals surface area contributed by atoms with Crippen LogP contribution in [0.4, 0.5) is 0 Å². The van der Waals surface area contributed by atoms with Gasteiger partial charge in [-0.2, -0.15) is 12.6 Å². The number of aliphatic hydroxyl groups excluding tert-OH is 1. The minimum Gasteiger partial charge on any atom is -0.393 e. The fourth-order valence-electron chi connectivity index (χ4n) is 1.22. The Labute approximate surface area is 92.3 Å². The molecule has 1 unspecified atom stereocenters. The van der Waals surface area contributed by atoms with Gasteiger partial charge >= 0.3 is 8.80 Å². The molecule has 4 nitrogen and oxygen atoms in total. The Hall–Kier alpha value is 0.407. The molecule has 14 heavy (non-hydrogen) atoms. The highest BCUT2D eigenvalue weighted by Gasteiger charge is 2.39. The van der Waals surface area contributed by atoms with Gasteiger partial charge in [-0.15, -0.1) is 0 Å². The third kappa shape index (κ3) is 4.76. The average Bonchev–Trinajstić information content (AvgIpc) is 2.23. The van der Waals surface area contributed by atoms with Crippen molar-refractivity contribution < 1.29 is 18.4 Å². The van der Waals surface area contributed by atoms with E-state index in [1.54, 1.807) is 21.3 Å². The first-order chi connectivity index (χ1) is 6.64. The molecule has 0 aliphatic rings. The summed E-state index contributed by atoms with van der Waals surface area (Å²) in [7, 11) is 2.03. The van der Waals surface area contributed by atoms with E-state index in [4.69, 9.17) is 13.3 Å². The van der Waals surface area contributed by atoms with E-state index in [-0.39, 0.29) is 0 Å². The first-order valence-corrected chi connectivity index (χ1v) is 7.15. The molecule has 1 atom stereocenters. The molecule has 1 N–H and O–H groups in total. The molecule has 0 aliphatic carbocycles. The lowest BCUT2D eigenvalue weighted by Gasteiger charge is -2.26. The zero-order valence-electron chi connectivity index (χ0n) is 9.02. The summed E-state index contributed by atoms with van der Waals surface area (Å²) >= 11 is 4.08. The number of thiol groups is 1. The largest absolute Gasteiger partial charge is 0.502 e. The van der Waals surface area contributed by atoms with E-state index >= 15 is 0 Å². The van der Waals surface area contributed by atoms with E-state index in [2.05, 4.69) is 12.6 Å². The van der Waals surface area contributed by atoms with Gasteiger partial charge in [0, 0.05) is 27.4 Å². The molecule has 0 saturated carbocycles. The van der Waals surface area contributed by atoms with Crippen LogP contribution >= 0.6 is 12.6 Å². The van der Waals surface area contributed by atoms with Crippen molar-refractivity contribution in [3.63, 3.8) is 0 Å². The molecule has 0 fully saturated rings. The molecule has 86 valence electrons. The van der Waals surface area contributed by atoms with E-state index in [9.17, 15) is 5.11 Å². The molecular formula is C8H20O4SSi. The van der Waals surface area contributed by atoms with E-state index in [1.165, 1.54) is 0 Å². The second-order valence-electron chi connectivity index (χ2n) is 3.02. The number of aliphatic hydroxyl groups is 1. The maximum absolute atomic E-state index is 9.67. The van der Waals surface area contributed by atoms with Crippen LogP contribution in [0.15, 0.2) is 0 Å². The highest BCUT2D eigenvalue weighted by atomic mass is 32.1. The maximum Gasteiger partial charge on any atom is 0.502 e. The van der Waals surface area contributed by atoms with Gasteiger partial charge in [0.05, 0.1) is 6.10 Å². The molecule has 6 heteroatoms. The third-order valence-electron chi connectivity index (χ3n) is 2.11. The van der Waals surface area contributed by atoms with Crippen LogP contribution in [0.1, 0.15) is 12.8 Å². The van der Waals surface area contributed by atoms with Crippen molar-refractivity contribution in [1.82, 2.24) is 0 Å². The Morgan fingerprint density at radius 2 is 1.71 bits per heavy atom. The van der Waals surface area contributed by atoms with Crippen molar-refractivity contribution in [3.05, 3.63) is 0 Å². The van der Waals surface area contributed by atoms with Gasteiger partial charge in [-0.25, -0.2) is 0 Å². The number of hydrogen-bond donors (Lipinski definition) is 2. The SMILES string of the molecule is CO[Si](CC(O)CCCS)(OC)OC. The van der Waals surface area contributed by atoms with Gasteiger partial charge in [0.1, 0.15) is 0 Å². The highest BCUT2D eigenvalue weighted by molar-refractivity contribution is 7.80. The van der Waals surface area contributed by atoms with Gasteiger partial charge in [0.25, 0.3) is 0 Å². The minimum atomic E-state index is -2.61. The van der Waals surface area contributed by atoms with E-state index in [0.717, 1.165) is 12.2 Å². The lowest BCUT2D eigenvalue weighted by Crippen LogP contribution is -2.45.